The Labute approximate surface area is 151 Å². The summed E-state index contributed by atoms with van der Waals surface area (Å²) in [5, 5.41) is 0. The van der Waals surface area contributed by atoms with Gasteiger partial charge in [0, 0.05) is 44.4 Å². The van der Waals surface area contributed by atoms with E-state index in [4.69, 9.17) is 4.74 Å². The number of rotatable bonds is 3. The quantitative estimate of drug-likeness (QED) is 0.775. The number of likely N-dealkylation sites (tertiary alicyclic amines) is 1. The predicted molar refractivity (Wildman–Crippen MR) is 93.4 cm³/mol. The van der Waals surface area contributed by atoms with E-state index in [-0.39, 0.29) is 44.4 Å². The number of halogens is 2. The van der Waals surface area contributed by atoms with Gasteiger partial charge in [-0.15, -0.1) is 0 Å². The van der Waals surface area contributed by atoms with Gasteiger partial charge < -0.3 is 14.5 Å². The van der Waals surface area contributed by atoms with E-state index in [0.717, 1.165) is 0 Å². The smallest absolute Gasteiger partial charge is 0.259 e. The van der Waals surface area contributed by atoms with E-state index in [1.807, 2.05) is 0 Å². The molecule has 2 aliphatic rings. The van der Waals surface area contributed by atoms with Crippen molar-refractivity contribution < 1.29 is 23.1 Å². The zero-order chi connectivity index (χ0) is 18.9. The number of nitrogens with zero attached hydrogens (tertiary/aromatic N) is 2. The van der Waals surface area contributed by atoms with Gasteiger partial charge in [-0.1, -0.05) is 6.58 Å². The SMILES string of the molecule is C=CC(=O)N(C)c1ccc(C(=O)N2CCC(F)(F)C3(CCOC3)C2)cc1. The van der Waals surface area contributed by atoms with Gasteiger partial charge in [0.25, 0.3) is 11.8 Å². The summed E-state index contributed by atoms with van der Waals surface area (Å²) in [5.74, 6) is -3.36. The zero-order valence-electron chi connectivity index (χ0n) is 14.7. The first-order valence-electron chi connectivity index (χ1n) is 8.55. The lowest BCUT2D eigenvalue weighted by Crippen LogP contribution is -2.57. The van der Waals surface area contributed by atoms with Gasteiger partial charge in [-0.2, -0.15) is 0 Å². The van der Waals surface area contributed by atoms with Crippen LogP contribution in [0.3, 0.4) is 0 Å². The molecule has 1 aromatic carbocycles. The molecule has 0 N–H and O–H groups in total. The van der Waals surface area contributed by atoms with Crippen molar-refractivity contribution in [1.29, 1.82) is 0 Å². The fraction of sp³-hybridized carbons (Fsp3) is 0.474. The Morgan fingerprint density at radius 1 is 1.27 bits per heavy atom. The number of hydrogen-bond acceptors (Lipinski definition) is 3. The summed E-state index contributed by atoms with van der Waals surface area (Å²) in [6.07, 6.45) is 1.12. The number of carbonyl (C=O) groups excluding carboxylic acids is 2. The molecular formula is C19H22F2N2O3. The predicted octanol–water partition coefficient (Wildman–Crippen LogP) is 2.72. The number of likely N-dealkylation sites (N-methyl/N-ethyl adjacent to an activating group) is 1. The summed E-state index contributed by atoms with van der Waals surface area (Å²) in [7, 11) is 1.61. The summed E-state index contributed by atoms with van der Waals surface area (Å²) >= 11 is 0. The Balaban J connectivity index is 1.75. The minimum atomic E-state index is -2.82. The number of anilines is 1. The van der Waals surface area contributed by atoms with Crippen molar-refractivity contribution >= 4 is 17.5 Å². The van der Waals surface area contributed by atoms with Crippen LogP contribution < -0.4 is 4.90 Å². The molecule has 1 aromatic rings. The maximum atomic E-state index is 14.4. The van der Waals surface area contributed by atoms with E-state index in [1.165, 1.54) is 15.9 Å². The molecule has 0 aromatic heterocycles. The molecule has 2 aliphatic heterocycles. The summed E-state index contributed by atoms with van der Waals surface area (Å²) in [4.78, 5) is 27.3. The van der Waals surface area contributed by atoms with Crippen molar-refractivity contribution in [3.05, 3.63) is 42.5 Å². The molecule has 0 radical (unpaired) electrons. The molecule has 2 fully saturated rings. The topological polar surface area (TPSA) is 49.9 Å². The minimum absolute atomic E-state index is 0.00453. The molecule has 0 aliphatic carbocycles. The van der Waals surface area contributed by atoms with Crippen molar-refractivity contribution in [2.75, 3.05) is 38.3 Å². The average molecular weight is 364 g/mol. The van der Waals surface area contributed by atoms with Gasteiger partial charge in [0.05, 0.1) is 12.0 Å². The Kier molecular flexibility index (Phi) is 4.84. The number of ether oxygens (including phenoxy) is 1. The van der Waals surface area contributed by atoms with Gasteiger partial charge >= 0.3 is 0 Å². The molecule has 2 saturated heterocycles. The lowest BCUT2D eigenvalue weighted by Gasteiger charge is -2.45. The number of hydrogen-bond donors (Lipinski definition) is 0. The third-order valence-electron chi connectivity index (χ3n) is 5.36. The van der Waals surface area contributed by atoms with Crippen LogP contribution in [0, 0.1) is 5.41 Å². The van der Waals surface area contributed by atoms with E-state index in [0.29, 0.717) is 17.9 Å². The zero-order valence-corrected chi connectivity index (χ0v) is 14.7. The molecule has 3 rings (SSSR count). The maximum Gasteiger partial charge on any atom is 0.259 e. The molecule has 1 atom stereocenters. The van der Waals surface area contributed by atoms with Gasteiger partial charge in [-0.3, -0.25) is 9.59 Å². The van der Waals surface area contributed by atoms with Crippen LogP contribution in [-0.4, -0.2) is 56.0 Å². The van der Waals surface area contributed by atoms with E-state index >= 15 is 0 Å². The number of amides is 2. The van der Waals surface area contributed by atoms with Crippen molar-refractivity contribution in [3.8, 4) is 0 Å². The third kappa shape index (κ3) is 3.11. The molecule has 1 spiro atoms. The Morgan fingerprint density at radius 2 is 1.96 bits per heavy atom. The van der Waals surface area contributed by atoms with E-state index < -0.39 is 11.3 Å². The first-order valence-corrected chi connectivity index (χ1v) is 8.55. The van der Waals surface area contributed by atoms with Crippen LogP contribution in [0.5, 0.6) is 0 Å². The first-order chi connectivity index (χ1) is 12.3. The second-order valence-corrected chi connectivity index (χ2v) is 6.91. The summed E-state index contributed by atoms with van der Waals surface area (Å²) in [5.41, 5.74) is -0.248. The molecule has 0 saturated carbocycles. The largest absolute Gasteiger partial charge is 0.381 e. The van der Waals surface area contributed by atoms with Gasteiger partial charge in [0.15, 0.2) is 0 Å². The molecule has 2 amide bonds. The van der Waals surface area contributed by atoms with Crippen molar-refractivity contribution in [1.82, 2.24) is 4.90 Å². The number of piperidine rings is 1. The Bertz CT molecular complexity index is 712. The molecule has 5 nitrogen and oxygen atoms in total. The molecule has 2 heterocycles. The fourth-order valence-electron chi connectivity index (χ4n) is 3.57. The van der Waals surface area contributed by atoms with Crippen molar-refractivity contribution in [3.63, 3.8) is 0 Å². The van der Waals surface area contributed by atoms with Gasteiger partial charge in [-0.05, 0) is 36.8 Å². The van der Waals surface area contributed by atoms with Crippen molar-refractivity contribution in [2.45, 2.75) is 18.8 Å². The Morgan fingerprint density at radius 3 is 2.54 bits per heavy atom. The standard InChI is InChI=1S/C19H22F2N2O3/c1-3-16(24)22(2)15-6-4-14(5-7-15)17(25)23-10-8-19(20,21)18(12-23)9-11-26-13-18/h3-7H,1,8-13H2,2H3. The second kappa shape index (κ2) is 6.79. The molecule has 140 valence electrons. The molecule has 1 unspecified atom stereocenters. The second-order valence-electron chi connectivity index (χ2n) is 6.91. The van der Waals surface area contributed by atoms with Crippen LogP contribution in [-0.2, 0) is 9.53 Å². The summed E-state index contributed by atoms with van der Waals surface area (Å²) in [6.45, 7) is 3.74. The van der Waals surface area contributed by atoms with E-state index in [2.05, 4.69) is 6.58 Å². The summed E-state index contributed by atoms with van der Waals surface area (Å²) in [6, 6.07) is 6.52. The lowest BCUT2D eigenvalue weighted by atomic mass is 9.75. The molecule has 26 heavy (non-hydrogen) atoms. The average Bonchev–Trinajstić information content (AvgIpc) is 3.12. The molecule has 7 heteroatoms. The monoisotopic (exact) mass is 364 g/mol. The fourth-order valence-corrected chi connectivity index (χ4v) is 3.57. The number of alkyl halides is 2. The number of benzene rings is 1. The van der Waals surface area contributed by atoms with Crippen LogP contribution in [0.25, 0.3) is 0 Å². The van der Waals surface area contributed by atoms with Crippen LogP contribution in [0.15, 0.2) is 36.9 Å². The van der Waals surface area contributed by atoms with Gasteiger partial charge in [0.1, 0.15) is 0 Å². The van der Waals surface area contributed by atoms with E-state index in [1.54, 1.807) is 31.3 Å². The lowest BCUT2D eigenvalue weighted by molar-refractivity contribution is -0.159. The minimum Gasteiger partial charge on any atom is -0.381 e. The number of carbonyl (C=O) groups is 2. The molecule has 0 bridgehead atoms. The Hall–Kier alpha value is -2.28. The highest BCUT2D eigenvalue weighted by molar-refractivity contribution is 6.01. The maximum absolute atomic E-state index is 14.4. The van der Waals surface area contributed by atoms with E-state index in [9.17, 15) is 18.4 Å². The van der Waals surface area contributed by atoms with Gasteiger partial charge in [-0.25, -0.2) is 8.78 Å². The van der Waals surface area contributed by atoms with Crippen LogP contribution in [0.1, 0.15) is 23.2 Å². The van der Waals surface area contributed by atoms with Crippen molar-refractivity contribution in [2.24, 2.45) is 5.41 Å². The molecular weight excluding hydrogens is 342 g/mol. The van der Waals surface area contributed by atoms with Gasteiger partial charge in [0.2, 0.25) is 5.91 Å². The highest BCUT2D eigenvalue weighted by Gasteiger charge is 2.59. The normalized spacial score (nSPS) is 24.5. The first kappa shape index (κ1) is 18.5. The van der Waals surface area contributed by atoms with Crippen LogP contribution in [0.2, 0.25) is 0 Å². The van der Waals surface area contributed by atoms with Crippen LogP contribution in [0.4, 0.5) is 14.5 Å². The third-order valence-corrected chi connectivity index (χ3v) is 5.36. The summed E-state index contributed by atoms with van der Waals surface area (Å²) < 4.78 is 34.0. The van der Waals surface area contributed by atoms with Crippen LogP contribution >= 0.6 is 0 Å². The highest BCUT2D eigenvalue weighted by Crippen LogP contribution is 2.48. The highest BCUT2D eigenvalue weighted by atomic mass is 19.3.